The van der Waals surface area contributed by atoms with Crippen molar-refractivity contribution < 1.29 is 9.18 Å². The molecular formula is C14H15BrFN5O. The van der Waals surface area contributed by atoms with Gasteiger partial charge in [0, 0.05) is 4.47 Å². The van der Waals surface area contributed by atoms with E-state index in [1.807, 2.05) is 0 Å². The van der Waals surface area contributed by atoms with Crippen molar-refractivity contribution in [3.8, 4) is 0 Å². The van der Waals surface area contributed by atoms with Crippen LogP contribution in [0, 0.1) is 5.82 Å². The van der Waals surface area contributed by atoms with Crippen molar-refractivity contribution in [2.75, 3.05) is 5.32 Å². The monoisotopic (exact) mass is 367 g/mol. The van der Waals surface area contributed by atoms with Crippen LogP contribution in [0.2, 0.25) is 0 Å². The highest BCUT2D eigenvalue weighted by atomic mass is 79.9. The molecule has 1 aromatic carbocycles. The highest BCUT2D eigenvalue weighted by Crippen LogP contribution is 2.35. The normalized spacial score (nSPS) is 17.2. The van der Waals surface area contributed by atoms with Crippen molar-refractivity contribution in [3.63, 3.8) is 0 Å². The highest BCUT2D eigenvalue weighted by Gasteiger charge is 2.42. The number of nitrogens with zero attached hydrogens (tertiary/aromatic N) is 4. The van der Waals surface area contributed by atoms with Gasteiger partial charge in [0.1, 0.15) is 17.7 Å². The molecule has 0 radical (unpaired) electrons. The average molecular weight is 368 g/mol. The number of nitrogens with one attached hydrogen (secondary N) is 1. The molecule has 116 valence electrons. The van der Waals surface area contributed by atoms with E-state index in [-0.39, 0.29) is 11.6 Å². The molecule has 0 bridgehead atoms. The molecular weight excluding hydrogens is 353 g/mol. The summed E-state index contributed by atoms with van der Waals surface area (Å²) in [6.07, 6.45) is 5.63. The van der Waals surface area contributed by atoms with Gasteiger partial charge < -0.3 is 5.32 Å². The molecule has 1 fully saturated rings. The van der Waals surface area contributed by atoms with Crippen molar-refractivity contribution in [1.82, 2.24) is 20.2 Å². The van der Waals surface area contributed by atoms with Crippen molar-refractivity contribution in [2.45, 2.75) is 37.6 Å². The Balaban J connectivity index is 1.90. The fraction of sp³-hybridized carbons (Fsp3) is 0.429. The largest absolute Gasteiger partial charge is 0.321 e. The lowest BCUT2D eigenvalue weighted by molar-refractivity contribution is -0.126. The molecule has 0 aliphatic heterocycles. The van der Waals surface area contributed by atoms with Gasteiger partial charge in [0.25, 0.3) is 5.91 Å². The Kier molecular flexibility index (Phi) is 4.19. The van der Waals surface area contributed by atoms with E-state index in [4.69, 9.17) is 0 Å². The van der Waals surface area contributed by atoms with Gasteiger partial charge in [-0.1, -0.05) is 35.2 Å². The molecule has 1 aliphatic carbocycles. The van der Waals surface area contributed by atoms with E-state index in [1.165, 1.54) is 23.1 Å². The molecule has 1 saturated carbocycles. The first-order valence-electron chi connectivity index (χ1n) is 7.12. The zero-order chi connectivity index (χ0) is 15.6. The van der Waals surface area contributed by atoms with E-state index in [0.717, 1.165) is 19.3 Å². The SMILES string of the molecule is O=C(Nc1ccc(Br)cc1F)C1(n2cnnn2)CCCCC1. The number of hydrogen-bond acceptors (Lipinski definition) is 4. The first kappa shape index (κ1) is 15.1. The first-order valence-corrected chi connectivity index (χ1v) is 7.91. The van der Waals surface area contributed by atoms with Crippen LogP contribution in [0.25, 0.3) is 0 Å². The van der Waals surface area contributed by atoms with Crippen LogP contribution < -0.4 is 5.32 Å². The molecule has 22 heavy (non-hydrogen) atoms. The second-order valence-corrected chi connectivity index (χ2v) is 6.34. The molecule has 3 rings (SSSR count). The average Bonchev–Trinajstić information content (AvgIpc) is 3.05. The number of carbonyl (C=O) groups excluding carboxylic acids is 1. The molecule has 6 nitrogen and oxygen atoms in total. The maximum Gasteiger partial charge on any atom is 0.252 e. The van der Waals surface area contributed by atoms with Crippen LogP contribution in [0.4, 0.5) is 10.1 Å². The van der Waals surface area contributed by atoms with Gasteiger partial charge in [0.05, 0.1) is 5.69 Å². The lowest BCUT2D eigenvalue weighted by Crippen LogP contribution is -2.47. The third-order valence-corrected chi connectivity index (χ3v) is 4.56. The third-order valence-electron chi connectivity index (χ3n) is 4.07. The first-order chi connectivity index (χ1) is 10.6. The van der Waals surface area contributed by atoms with Crippen LogP contribution in [0.15, 0.2) is 29.0 Å². The Bertz CT molecular complexity index is 670. The summed E-state index contributed by atoms with van der Waals surface area (Å²) in [5, 5.41) is 13.9. The fourth-order valence-corrected chi connectivity index (χ4v) is 3.22. The number of aromatic nitrogens is 4. The number of anilines is 1. The van der Waals surface area contributed by atoms with Crippen LogP contribution in [0.5, 0.6) is 0 Å². The third kappa shape index (κ3) is 2.75. The van der Waals surface area contributed by atoms with Crippen molar-refractivity contribution in [2.24, 2.45) is 0 Å². The van der Waals surface area contributed by atoms with Gasteiger partial charge in [-0.15, -0.1) is 5.10 Å². The van der Waals surface area contributed by atoms with Gasteiger partial charge in [-0.05, 0) is 41.5 Å². The Hall–Kier alpha value is -1.83. The highest BCUT2D eigenvalue weighted by molar-refractivity contribution is 9.10. The summed E-state index contributed by atoms with van der Waals surface area (Å²) in [5.41, 5.74) is -0.687. The second kappa shape index (κ2) is 6.12. The minimum atomic E-state index is -0.846. The zero-order valence-electron chi connectivity index (χ0n) is 11.8. The van der Waals surface area contributed by atoms with E-state index < -0.39 is 11.4 Å². The lowest BCUT2D eigenvalue weighted by Gasteiger charge is -2.35. The molecule has 1 heterocycles. The summed E-state index contributed by atoms with van der Waals surface area (Å²) >= 11 is 3.20. The van der Waals surface area contributed by atoms with E-state index in [2.05, 4.69) is 36.8 Å². The maximum absolute atomic E-state index is 14.0. The van der Waals surface area contributed by atoms with Gasteiger partial charge in [-0.3, -0.25) is 4.79 Å². The van der Waals surface area contributed by atoms with Gasteiger partial charge >= 0.3 is 0 Å². The minimum absolute atomic E-state index is 0.159. The molecule has 1 aromatic heterocycles. The molecule has 1 amide bonds. The molecule has 0 spiro atoms. The van der Waals surface area contributed by atoms with Crippen LogP contribution in [0.1, 0.15) is 32.1 Å². The summed E-state index contributed by atoms with van der Waals surface area (Å²) in [4.78, 5) is 12.8. The molecule has 0 saturated heterocycles. The molecule has 0 unspecified atom stereocenters. The number of halogens is 2. The quantitative estimate of drug-likeness (QED) is 0.904. The van der Waals surface area contributed by atoms with Gasteiger partial charge in [-0.2, -0.15) is 0 Å². The number of hydrogen-bond donors (Lipinski definition) is 1. The van der Waals surface area contributed by atoms with Crippen molar-refractivity contribution >= 4 is 27.5 Å². The smallest absolute Gasteiger partial charge is 0.252 e. The molecule has 2 aromatic rings. The summed E-state index contributed by atoms with van der Waals surface area (Å²) in [6.45, 7) is 0. The Labute approximate surface area is 135 Å². The summed E-state index contributed by atoms with van der Waals surface area (Å²) in [6, 6.07) is 4.54. The molecule has 1 aliphatic rings. The Morgan fingerprint density at radius 2 is 2.09 bits per heavy atom. The van der Waals surface area contributed by atoms with Gasteiger partial charge in [0.15, 0.2) is 0 Å². The Morgan fingerprint density at radius 1 is 1.32 bits per heavy atom. The van der Waals surface area contributed by atoms with Crippen LogP contribution in [-0.4, -0.2) is 26.1 Å². The Morgan fingerprint density at radius 3 is 2.73 bits per heavy atom. The standard InChI is InChI=1S/C14H15BrFN5O/c15-10-4-5-12(11(16)8-10)18-13(22)14(6-2-1-3-7-14)21-9-17-19-20-21/h4-5,8-9H,1-3,6-7H2,(H,18,22). The second-order valence-electron chi connectivity index (χ2n) is 5.42. The van der Waals surface area contributed by atoms with E-state index in [1.54, 1.807) is 6.07 Å². The summed E-state index contributed by atoms with van der Waals surface area (Å²) in [5.74, 6) is -0.758. The molecule has 1 N–H and O–H groups in total. The minimum Gasteiger partial charge on any atom is -0.321 e. The molecule has 0 atom stereocenters. The van der Waals surface area contributed by atoms with Crippen molar-refractivity contribution in [1.29, 1.82) is 0 Å². The van der Waals surface area contributed by atoms with Crippen LogP contribution in [-0.2, 0) is 10.3 Å². The van der Waals surface area contributed by atoms with Crippen LogP contribution >= 0.6 is 15.9 Å². The van der Waals surface area contributed by atoms with E-state index in [9.17, 15) is 9.18 Å². The molecule has 8 heteroatoms. The maximum atomic E-state index is 14.0. The lowest BCUT2D eigenvalue weighted by atomic mass is 9.81. The van der Waals surface area contributed by atoms with Gasteiger partial charge in [-0.25, -0.2) is 9.07 Å². The zero-order valence-corrected chi connectivity index (χ0v) is 13.4. The fourth-order valence-electron chi connectivity index (χ4n) is 2.88. The summed E-state index contributed by atoms with van der Waals surface area (Å²) in [7, 11) is 0. The predicted molar refractivity (Wildman–Crippen MR) is 81.6 cm³/mol. The van der Waals surface area contributed by atoms with Crippen molar-refractivity contribution in [3.05, 3.63) is 34.8 Å². The van der Waals surface area contributed by atoms with E-state index >= 15 is 0 Å². The number of amides is 1. The number of benzene rings is 1. The number of rotatable bonds is 3. The predicted octanol–water partition coefficient (Wildman–Crippen LogP) is 2.87. The number of tetrazole rings is 1. The van der Waals surface area contributed by atoms with Crippen LogP contribution in [0.3, 0.4) is 0 Å². The van der Waals surface area contributed by atoms with E-state index in [0.29, 0.717) is 17.3 Å². The van der Waals surface area contributed by atoms with Gasteiger partial charge in [0.2, 0.25) is 0 Å². The topological polar surface area (TPSA) is 72.7 Å². The number of carbonyl (C=O) groups is 1. The summed E-state index contributed by atoms with van der Waals surface area (Å²) < 4.78 is 16.1.